The summed E-state index contributed by atoms with van der Waals surface area (Å²) in [4.78, 5) is 23.2. The van der Waals surface area contributed by atoms with Gasteiger partial charge in [-0.1, -0.05) is 23.4 Å². The second-order valence-corrected chi connectivity index (χ2v) is 9.60. The van der Waals surface area contributed by atoms with Crippen LogP contribution in [0.2, 0.25) is 0 Å². The number of aromatic nitrogens is 1. The third kappa shape index (κ3) is 4.85. The minimum absolute atomic E-state index is 0.0239. The molecule has 1 aromatic carbocycles. The molecule has 8 nitrogen and oxygen atoms in total. The van der Waals surface area contributed by atoms with E-state index in [0.29, 0.717) is 33.5 Å². The van der Waals surface area contributed by atoms with Crippen LogP contribution in [0.4, 0.5) is 5.13 Å². The average Bonchev–Trinajstić information content (AvgIpc) is 3.23. The molecular formula is C19H21N3O5S2. The maximum atomic E-state index is 12.7. The van der Waals surface area contributed by atoms with Crippen LogP contribution >= 0.6 is 21.9 Å². The van der Waals surface area contributed by atoms with Crippen molar-refractivity contribution in [1.29, 1.82) is 0 Å². The van der Waals surface area contributed by atoms with Crippen LogP contribution in [0.3, 0.4) is 0 Å². The molecule has 1 fully saturated rings. The Balaban J connectivity index is 1.53. The van der Waals surface area contributed by atoms with Gasteiger partial charge in [-0.15, -0.1) is 21.9 Å². The lowest BCUT2D eigenvalue weighted by Crippen LogP contribution is -2.25. The van der Waals surface area contributed by atoms with E-state index in [4.69, 9.17) is 9.57 Å². The summed E-state index contributed by atoms with van der Waals surface area (Å²) in [6.07, 6.45) is 5.86. The number of carbonyl (C=O) groups excluding carboxylic acids is 1. The van der Waals surface area contributed by atoms with Crippen LogP contribution in [0.5, 0.6) is 0 Å². The molecule has 29 heavy (non-hydrogen) atoms. The van der Waals surface area contributed by atoms with Gasteiger partial charge in [-0.25, -0.2) is 4.98 Å². The monoisotopic (exact) mass is 435 g/mol. The van der Waals surface area contributed by atoms with Gasteiger partial charge < -0.3 is 9.57 Å². The van der Waals surface area contributed by atoms with Gasteiger partial charge in [0.1, 0.15) is 6.61 Å². The van der Waals surface area contributed by atoms with E-state index in [2.05, 4.69) is 15.5 Å². The molecule has 0 radical (unpaired) electrons. The summed E-state index contributed by atoms with van der Waals surface area (Å²) >= 11 is 1.30. The summed E-state index contributed by atoms with van der Waals surface area (Å²) < 4.78 is 26.1. The van der Waals surface area contributed by atoms with Crippen molar-refractivity contribution < 1.29 is 23.5 Å². The number of hydrogen-bond donors (Lipinski definition) is 3. The van der Waals surface area contributed by atoms with Crippen molar-refractivity contribution >= 4 is 38.7 Å². The molecule has 0 bridgehead atoms. The maximum absolute atomic E-state index is 12.7. The van der Waals surface area contributed by atoms with E-state index in [9.17, 15) is 13.9 Å². The van der Waals surface area contributed by atoms with Crippen LogP contribution in [-0.4, -0.2) is 45.0 Å². The Hall–Kier alpha value is -2.24. The van der Waals surface area contributed by atoms with Gasteiger partial charge in [0.2, 0.25) is 0 Å². The number of amides is 1. The van der Waals surface area contributed by atoms with Gasteiger partial charge in [-0.3, -0.25) is 19.2 Å². The lowest BCUT2D eigenvalue weighted by molar-refractivity contribution is -0.110. The van der Waals surface area contributed by atoms with Crippen molar-refractivity contribution in [3.8, 4) is 0 Å². The van der Waals surface area contributed by atoms with E-state index in [0.717, 1.165) is 12.8 Å². The summed E-state index contributed by atoms with van der Waals surface area (Å²) in [5.41, 5.74) is 0.571. The molecule has 1 unspecified atom stereocenters. The highest BCUT2D eigenvalue weighted by Gasteiger charge is 2.27. The largest absolute Gasteiger partial charge is 0.392 e. The van der Waals surface area contributed by atoms with Gasteiger partial charge in [-0.2, -0.15) is 0 Å². The molecular weight excluding hydrogens is 414 g/mol. The second kappa shape index (κ2) is 8.64. The molecule has 2 aliphatic rings. The number of hydrogen-bond acceptors (Lipinski definition) is 8. The van der Waals surface area contributed by atoms with E-state index < -0.39 is 16.5 Å². The Bertz CT molecular complexity index is 920. The van der Waals surface area contributed by atoms with Crippen LogP contribution in [0, 0.1) is 0 Å². The van der Waals surface area contributed by atoms with Crippen LogP contribution in [-0.2, 0) is 14.4 Å². The zero-order valence-corrected chi connectivity index (χ0v) is 17.1. The predicted octanol–water partition coefficient (Wildman–Crippen LogP) is 4.08. The second-order valence-electron chi connectivity index (χ2n) is 6.61. The number of carbonyl (C=O) groups is 1. The molecule has 2 heterocycles. The highest BCUT2D eigenvalue weighted by atomic mass is 32.3. The Morgan fingerprint density at radius 2 is 2.17 bits per heavy atom. The molecule has 1 aliphatic carbocycles. The summed E-state index contributed by atoms with van der Waals surface area (Å²) in [5, 5.41) is 8.95. The highest BCUT2D eigenvalue weighted by molar-refractivity contribution is 8.27. The van der Waals surface area contributed by atoms with Crippen LogP contribution < -0.4 is 5.32 Å². The van der Waals surface area contributed by atoms with E-state index in [1.54, 1.807) is 41.9 Å². The summed E-state index contributed by atoms with van der Waals surface area (Å²) in [6.45, 7) is 0.972. The van der Waals surface area contributed by atoms with Gasteiger partial charge in [0.15, 0.2) is 10.8 Å². The Morgan fingerprint density at radius 3 is 2.79 bits per heavy atom. The van der Waals surface area contributed by atoms with Crippen molar-refractivity contribution in [1.82, 2.24) is 4.98 Å². The van der Waals surface area contributed by atoms with E-state index >= 15 is 0 Å². The molecule has 1 amide bonds. The third-order valence-corrected chi connectivity index (χ3v) is 7.18. The van der Waals surface area contributed by atoms with Crippen molar-refractivity contribution in [2.75, 3.05) is 18.5 Å². The van der Waals surface area contributed by atoms with Gasteiger partial charge in [0.05, 0.1) is 11.0 Å². The third-order valence-electron chi connectivity index (χ3n) is 4.50. The molecule has 1 atom stereocenters. The number of nitrogens with one attached hydrogen (secondary N) is 1. The number of nitrogens with zero attached hydrogens (tertiary/aromatic N) is 2. The van der Waals surface area contributed by atoms with Crippen molar-refractivity contribution in [3.05, 3.63) is 52.4 Å². The topological polar surface area (TPSA) is 113 Å². The van der Waals surface area contributed by atoms with Crippen LogP contribution in [0.1, 0.15) is 24.8 Å². The first-order valence-corrected chi connectivity index (χ1v) is 11.6. The molecule has 0 spiro atoms. The fraction of sp³-hybridized carbons (Fsp3) is 0.316. The predicted molar refractivity (Wildman–Crippen MR) is 112 cm³/mol. The first-order valence-electron chi connectivity index (χ1n) is 9.14. The number of anilines is 1. The zero-order valence-electron chi connectivity index (χ0n) is 15.5. The minimum atomic E-state index is -2.93. The first-order chi connectivity index (χ1) is 14.0. The van der Waals surface area contributed by atoms with Crippen LogP contribution in [0.15, 0.2) is 56.9 Å². The summed E-state index contributed by atoms with van der Waals surface area (Å²) in [6, 6.07) is 6.44. The lowest BCUT2D eigenvalue weighted by Gasteiger charge is -2.30. The van der Waals surface area contributed by atoms with Crippen molar-refractivity contribution in [2.24, 2.45) is 5.16 Å². The molecule has 10 heteroatoms. The molecule has 0 saturated carbocycles. The van der Waals surface area contributed by atoms with E-state index in [-0.39, 0.29) is 18.4 Å². The smallest absolute Gasteiger partial charge is 0.280 e. The van der Waals surface area contributed by atoms with Gasteiger partial charge in [0.25, 0.3) is 5.91 Å². The minimum Gasteiger partial charge on any atom is -0.392 e. The van der Waals surface area contributed by atoms with Crippen molar-refractivity contribution in [3.63, 3.8) is 0 Å². The maximum Gasteiger partial charge on any atom is 0.280 e. The summed E-state index contributed by atoms with van der Waals surface area (Å²) in [7, 11) is -2.93. The van der Waals surface area contributed by atoms with E-state index in [1.165, 1.54) is 11.3 Å². The van der Waals surface area contributed by atoms with Gasteiger partial charge in [0, 0.05) is 35.1 Å². The number of rotatable bonds is 8. The molecule has 2 aromatic rings. The summed E-state index contributed by atoms with van der Waals surface area (Å²) in [5.74, 6) is -0.462. The number of thiazole rings is 1. The zero-order chi connectivity index (χ0) is 20.3. The molecule has 4 rings (SSSR count). The average molecular weight is 436 g/mol. The van der Waals surface area contributed by atoms with E-state index in [1.807, 2.05) is 0 Å². The standard InChI is InChI=1S/C19H21N3O5S2/c23-18(21-19-20-9-11-28-19)17(22-27-12-14-2-1-10-26-14)13-3-5-15(6-4-13)29(24,25)16-7-8-16/h3-7,9,11,14,24-25H,1-2,8,10,12H2,(H,20,21,23). The van der Waals surface area contributed by atoms with Gasteiger partial charge in [-0.05, 0) is 25.0 Å². The highest BCUT2D eigenvalue weighted by Crippen LogP contribution is 2.61. The fourth-order valence-corrected chi connectivity index (χ4v) is 4.75. The Morgan fingerprint density at radius 1 is 1.38 bits per heavy atom. The number of oxime groups is 1. The SMILES string of the molecule is O=C(Nc1nccs1)C(=NOCC1CCCO1)c1ccc(S(O)(O)C2=CC2)cc1. The molecule has 154 valence electrons. The molecule has 1 saturated heterocycles. The number of benzene rings is 1. The van der Waals surface area contributed by atoms with Crippen molar-refractivity contribution in [2.45, 2.75) is 30.3 Å². The molecule has 1 aliphatic heterocycles. The Labute approximate surface area is 173 Å². The molecule has 3 N–H and O–H groups in total. The quantitative estimate of drug-likeness (QED) is 0.425. The number of allylic oxidation sites excluding steroid dienone is 2. The first kappa shape index (κ1) is 20.0. The molecule has 1 aromatic heterocycles. The fourth-order valence-electron chi connectivity index (χ4n) is 2.86. The van der Waals surface area contributed by atoms with Gasteiger partial charge >= 0.3 is 0 Å². The lowest BCUT2D eigenvalue weighted by atomic mass is 10.1. The van der Waals surface area contributed by atoms with Crippen LogP contribution in [0.25, 0.3) is 0 Å². The number of ether oxygens (including phenoxy) is 1. The normalized spacial score (nSPS) is 19.6. The Kier molecular flexibility index (Phi) is 5.97.